The van der Waals surface area contributed by atoms with Crippen LogP contribution in [-0.2, 0) is 0 Å². The standard InChI is InChI=1S/C10H10O4.C8H6O4/c1-5-3-6(2)8(10(13)14)4-7(5)9(11)12;9-7(10)5-2-1-3-6(4-5)8(11)12/h3-4H,1-2H3,(H,11,12)(H,13,14);1-4H,(H,9,10)(H,11,12). The highest BCUT2D eigenvalue weighted by atomic mass is 16.4. The summed E-state index contributed by atoms with van der Waals surface area (Å²) in [6.07, 6.45) is 0. The van der Waals surface area contributed by atoms with Crippen LogP contribution in [0.15, 0.2) is 36.4 Å². The van der Waals surface area contributed by atoms with E-state index in [1.807, 2.05) is 0 Å². The summed E-state index contributed by atoms with van der Waals surface area (Å²) in [5, 5.41) is 34.5. The highest BCUT2D eigenvalue weighted by Gasteiger charge is 2.14. The van der Waals surface area contributed by atoms with Crippen LogP contribution in [0.3, 0.4) is 0 Å². The molecule has 0 amide bonds. The Hall–Kier alpha value is -3.68. The van der Waals surface area contributed by atoms with Gasteiger partial charge in [0.1, 0.15) is 0 Å². The Balaban J connectivity index is 0.000000263. The molecule has 2 aromatic rings. The molecule has 2 aromatic carbocycles. The van der Waals surface area contributed by atoms with Gasteiger partial charge in [0.05, 0.1) is 22.3 Å². The van der Waals surface area contributed by atoms with Gasteiger partial charge in [-0.05, 0) is 49.2 Å². The van der Waals surface area contributed by atoms with E-state index in [9.17, 15) is 19.2 Å². The average Bonchev–Trinajstić information content (AvgIpc) is 2.54. The van der Waals surface area contributed by atoms with E-state index in [0.717, 1.165) is 6.07 Å². The Labute approximate surface area is 148 Å². The van der Waals surface area contributed by atoms with Crippen LogP contribution in [0, 0.1) is 13.8 Å². The Morgan fingerprint density at radius 2 is 1.00 bits per heavy atom. The minimum atomic E-state index is -1.13. The van der Waals surface area contributed by atoms with Gasteiger partial charge < -0.3 is 20.4 Å². The molecule has 2 rings (SSSR count). The molecule has 0 aliphatic heterocycles. The Morgan fingerprint density at radius 3 is 1.31 bits per heavy atom. The van der Waals surface area contributed by atoms with Gasteiger partial charge in [-0.3, -0.25) is 0 Å². The second kappa shape index (κ2) is 8.43. The van der Waals surface area contributed by atoms with Gasteiger partial charge in [-0.25, -0.2) is 19.2 Å². The van der Waals surface area contributed by atoms with E-state index in [0.29, 0.717) is 11.1 Å². The van der Waals surface area contributed by atoms with Crippen LogP contribution in [0.2, 0.25) is 0 Å². The first-order chi connectivity index (χ1) is 12.0. The van der Waals surface area contributed by atoms with Crippen molar-refractivity contribution in [1.82, 2.24) is 0 Å². The lowest BCUT2D eigenvalue weighted by atomic mass is 10.0. The molecule has 0 aromatic heterocycles. The summed E-state index contributed by atoms with van der Waals surface area (Å²) in [6.45, 7) is 3.28. The summed E-state index contributed by atoms with van der Waals surface area (Å²) < 4.78 is 0. The highest BCUT2D eigenvalue weighted by Crippen LogP contribution is 2.16. The highest BCUT2D eigenvalue weighted by molar-refractivity contribution is 5.96. The van der Waals surface area contributed by atoms with Gasteiger partial charge in [0.25, 0.3) is 0 Å². The van der Waals surface area contributed by atoms with Gasteiger partial charge in [0, 0.05) is 0 Å². The molecule has 0 heterocycles. The number of carboxylic acid groups (broad SMARTS) is 4. The Morgan fingerprint density at radius 1 is 0.615 bits per heavy atom. The van der Waals surface area contributed by atoms with E-state index in [1.165, 1.54) is 24.3 Å². The van der Waals surface area contributed by atoms with Crippen molar-refractivity contribution in [3.05, 3.63) is 69.8 Å². The molecule has 0 saturated carbocycles. The molecule has 0 unspecified atom stereocenters. The summed E-state index contributed by atoms with van der Waals surface area (Å²) in [6, 6.07) is 7.95. The zero-order chi connectivity index (χ0) is 20.0. The molecule has 0 saturated heterocycles. The van der Waals surface area contributed by atoms with Crippen molar-refractivity contribution in [2.24, 2.45) is 0 Å². The number of carbonyl (C=O) groups is 4. The minimum absolute atomic E-state index is 0.0186. The van der Waals surface area contributed by atoms with Gasteiger partial charge in [0.15, 0.2) is 0 Å². The van der Waals surface area contributed by atoms with E-state index in [1.54, 1.807) is 19.9 Å². The van der Waals surface area contributed by atoms with E-state index in [4.69, 9.17) is 20.4 Å². The van der Waals surface area contributed by atoms with E-state index in [2.05, 4.69) is 0 Å². The van der Waals surface area contributed by atoms with Crippen LogP contribution < -0.4 is 0 Å². The smallest absolute Gasteiger partial charge is 0.335 e. The topological polar surface area (TPSA) is 149 Å². The van der Waals surface area contributed by atoms with Gasteiger partial charge in [-0.1, -0.05) is 12.1 Å². The summed E-state index contributed by atoms with van der Waals surface area (Å²) >= 11 is 0. The molecule has 0 bridgehead atoms. The van der Waals surface area contributed by atoms with E-state index < -0.39 is 23.9 Å². The van der Waals surface area contributed by atoms with Crippen LogP contribution in [0.4, 0.5) is 0 Å². The first-order valence-corrected chi connectivity index (χ1v) is 7.19. The second-order valence-corrected chi connectivity index (χ2v) is 5.28. The average molecular weight is 360 g/mol. The van der Waals surface area contributed by atoms with Crippen molar-refractivity contribution >= 4 is 23.9 Å². The normalized spacial score (nSPS) is 9.62. The third-order valence-electron chi connectivity index (χ3n) is 3.39. The molecule has 26 heavy (non-hydrogen) atoms. The maximum Gasteiger partial charge on any atom is 0.335 e. The Kier molecular flexibility index (Phi) is 6.60. The zero-order valence-corrected chi connectivity index (χ0v) is 13.9. The number of rotatable bonds is 4. The molecule has 0 spiro atoms. The molecule has 0 aliphatic rings. The fraction of sp³-hybridized carbons (Fsp3) is 0.111. The van der Waals surface area contributed by atoms with Gasteiger partial charge in [-0.15, -0.1) is 0 Å². The van der Waals surface area contributed by atoms with Gasteiger partial charge >= 0.3 is 23.9 Å². The molecular weight excluding hydrogens is 344 g/mol. The molecule has 8 nitrogen and oxygen atoms in total. The van der Waals surface area contributed by atoms with Gasteiger partial charge in [-0.2, -0.15) is 0 Å². The molecule has 4 N–H and O–H groups in total. The predicted molar refractivity (Wildman–Crippen MR) is 90.2 cm³/mol. The first-order valence-electron chi connectivity index (χ1n) is 7.19. The third-order valence-corrected chi connectivity index (χ3v) is 3.39. The maximum atomic E-state index is 10.7. The summed E-state index contributed by atoms with van der Waals surface area (Å²) in [5.74, 6) is -4.47. The summed E-state index contributed by atoms with van der Waals surface area (Å²) in [5.41, 5.74) is 1.17. The molecule has 0 atom stereocenters. The second-order valence-electron chi connectivity index (χ2n) is 5.28. The quantitative estimate of drug-likeness (QED) is 0.650. The number of carboxylic acids is 4. The molecule has 8 heteroatoms. The first kappa shape index (κ1) is 20.4. The van der Waals surface area contributed by atoms with E-state index in [-0.39, 0.29) is 22.3 Å². The SMILES string of the molecule is Cc1cc(C)c(C(=O)O)cc1C(=O)O.O=C(O)c1cccc(C(=O)O)c1. The van der Waals surface area contributed by atoms with Crippen molar-refractivity contribution in [1.29, 1.82) is 0 Å². The Bertz CT molecular complexity index is 818. The molecule has 0 aliphatic carbocycles. The van der Waals surface area contributed by atoms with Crippen molar-refractivity contribution in [2.45, 2.75) is 13.8 Å². The number of aryl methyl sites for hydroxylation is 2. The molecule has 0 radical (unpaired) electrons. The van der Waals surface area contributed by atoms with Crippen molar-refractivity contribution in [3.8, 4) is 0 Å². The van der Waals surface area contributed by atoms with Crippen LogP contribution in [0.5, 0.6) is 0 Å². The molecular formula is C18H16O8. The van der Waals surface area contributed by atoms with E-state index >= 15 is 0 Å². The van der Waals surface area contributed by atoms with Crippen LogP contribution in [0.25, 0.3) is 0 Å². The number of hydrogen-bond donors (Lipinski definition) is 4. The summed E-state index contributed by atoms with van der Waals surface area (Å²) in [4.78, 5) is 42.2. The monoisotopic (exact) mass is 360 g/mol. The molecule has 0 fully saturated rings. The lowest BCUT2D eigenvalue weighted by Crippen LogP contribution is -2.06. The van der Waals surface area contributed by atoms with Crippen LogP contribution in [0.1, 0.15) is 52.6 Å². The number of hydrogen-bond acceptors (Lipinski definition) is 4. The molecule has 136 valence electrons. The van der Waals surface area contributed by atoms with Crippen LogP contribution >= 0.6 is 0 Å². The van der Waals surface area contributed by atoms with Crippen molar-refractivity contribution in [2.75, 3.05) is 0 Å². The van der Waals surface area contributed by atoms with Crippen molar-refractivity contribution in [3.63, 3.8) is 0 Å². The largest absolute Gasteiger partial charge is 0.478 e. The van der Waals surface area contributed by atoms with Crippen molar-refractivity contribution < 1.29 is 39.6 Å². The maximum absolute atomic E-state index is 10.7. The lowest BCUT2D eigenvalue weighted by Gasteiger charge is -2.05. The fourth-order valence-electron chi connectivity index (χ4n) is 2.10. The summed E-state index contributed by atoms with van der Waals surface area (Å²) in [7, 11) is 0. The zero-order valence-electron chi connectivity index (χ0n) is 13.9. The van der Waals surface area contributed by atoms with Gasteiger partial charge in [0.2, 0.25) is 0 Å². The fourth-order valence-corrected chi connectivity index (χ4v) is 2.10. The lowest BCUT2D eigenvalue weighted by molar-refractivity contribution is 0.0675. The van der Waals surface area contributed by atoms with Crippen LogP contribution in [-0.4, -0.2) is 44.3 Å². The number of benzene rings is 2. The predicted octanol–water partition coefficient (Wildman–Crippen LogP) is 2.78. The number of aromatic carboxylic acids is 4. The minimum Gasteiger partial charge on any atom is -0.478 e. The third kappa shape index (κ3) is 5.17.